The van der Waals surface area contributed by atoms with Crippen LogP contribution < -0.4 is 5.32 Å². The van der Waals surface area contributed by atoms with Gasteiger partial charge in [0.1, 0.15) is 11.0 Å². The molecule has 0 aliphatic rings. The Bertz CT molecular complexity index is 1120. The molecule has 1 aromatic heterocycles. The molecule has 0 atom stereocenters. The van der Waals surface area contributed by atoms with Gasteiger partial charge in [0.05, 0.1) is 5.69 Å². The normalized spacial score (nSPS) is 11.4. The predicted molar refractivity (Wildman–Crippen MR) is 105 cm³/mol. The molecule has 0 spiro atoms. The van der Waals surface area contributed by atoms with Crippen molar-refractivity contribution in [3.8, 4) is 5.69 Å². The number of carbonyl (C=O) groups is 1. The molecule has 4 aromatic rings. The second-order valence-electron chi connectivity index (χ2n) is 6.79. The van der Waals surface area contributed by atoms with Gasteiger partial charge in [-0.25, -0.2) is 0 Å². The third-order valence-corrected chi connectivity index (χ3v) is 4.49. The summed E-state index contributed by atoms with van der Waals surface area (Å²) in [6.45, 7) is 5.71. The molecule has 1 heterocycles. The summed E-state index contributed by atoms with van der Waals surface area (Å²) in [5.74, 6) is -0.0784. The van der Waals surface area contributed by atoms with E-state index in [-0.39, 0.29) is 11.8 Å². The van der Waals surface area contributed by atoms with Gasteiger partial charge in [0, 0.05) is 17.0 Å². The van der Waals surface area contributed by atoms with Crippen LogP contribution in [0.2, 0.25) is 0 Å². The van der Waals surface area contributed by atoms with Gasteiger partial charge in [0.25, 0.3) is 0 Å². The molecule has 0 unspecified atom stereocenters. The van der Waals surface area contributed by atoms with Gasteiger partial charge in [-0.2, -0.15) is 0 Å². The summed E-state index contributed by atoms with van der Waals surface area (Å²) < 4.78 is 0. The van der Waals surface area contributed by atoms with Crippen LogP contribution in [0.4, 0.5) is 5.69 Å². The Balaban J connectivity index is 1.82. The van der Waals surface area contributed by atoms with Gasteiger partial charge in [-0.15, -0.1) is 15.0 Å². The van der Waals surface area contributed by atoms with Crippen LogP contribution in [0, 0.1) is 12.8 Å². The molecular weight excluding hydrogens is 324 g/mol. The highest BCUT2D eigenvalue weighted by Crippen LogP contribution is 2.25. The lowest BCUT2D eigenvalue weighted by Crippen LogP contribution is -2.18. The van der Waals surface area contributed by atoms with Gasteiger partial charge in [0.15, 0.2) is 0 Å². The van der Waals surface area contributed by atoms with Crippen LogP contribution in [0.25, 0.3) is 27.5 Å². The SMILES string of the molecule is Cc1cc2nn(-c3cccc4ccccc34)nc2cc1NC(=O)C(C)C. The summed E-state index contributed by atoms with van der Waals surface area (Å²) in [5.41, 5.74) is 4.24. The van der Waals surface area contributed by atoms with E-state index in [1.165, 1.54) is 0 Å². The van der Waals surface area contributed by atoms with E-state index in [9.17, 15) is 4.79 Å². The van der Waals surface area contributed by atoms with Crippen LogP contribution in [0.1, 0.15) is 19.4 Å². The third-order valence-electron chi connectivity index (χ3n) is 4.49. The Kier molecular flexibility index (Phi) is 3.92. The Morgan fingerprint density at radius 1 is 1.00 bits per heavy atom. The molecule has 0 bridgehead atoms. The van der Waals surface area contributed by atoms with E-state index in [0.717, 1.165) is 38.7 Å². The number of benzene rings is 3. The Hall–Kier alpha value is -3.21. The number of aryl methyl sites for hydroxylation is 1. The number of nitrogens with zero attached hydrogens (tertiary/aromatic N) is 3. The lowest BCUT2D eigenvalue weighted by Gasteiger charge is -2.09. The van der Waals surface area contributed by atoms with E-state index in [1.807, 2.05) is 57.2 Å². The van der Waals surface area contributed by atoms with Crippen LogP contribution >= 0.6 is 0 Å². The molecule has 0 fully saturated rings. The Morgan fingerprint density at radius 3 is 2.46 bits per heavy atom. The first-order valence-electron chi connectivity index (χ1n) is 8.69. The van der Waals surface area contributed by atoms with E-state index >= 15 is 0 Å². The van der Waals surface area contributed by atoms with Crippen LogP contribution in [0.5, 0.6) is 0 Å². The number of hydrogen-bond donors (Lipinski definition) is 1. The molecule has 0 saturated heterocycles. The first kappa shape index (κ1) is 16.3. The summed E-state index contributed by atoms with van der Waals surface area (Å²) >= 11 is 0. The first-order chi connectivity index (χ1) is 12.5. The van der Waals surface area contributed by atoms with Crippen molar-refractivity contribution in [1.82, 2.24) is 15.0 Å². The van der Waals surface area contributed by atoms with Gasteiger partial charge in [-0.05, 0) is 36.1 Å². The van der Waals surface area contributed by atoms with Crippen LogP contribution in [-0.2, 0) is 4.79 Å². The molecule has 1 N–H and O–H groups in total. The lowest BCUT2D eigenvalue weighted by atomic mass is 10.1. The van der Waals surface area contributed by atoms with E-state index in [1.54, 1.807) is 4.80 Å². The van der Waals surface area contributed by atoms with E-state index in [0.29, 0.717) is 0 Å². The summed E-state index contributed by atoms with van der Waals surface area (Å²) in [4.78, 5) is 13.7. The number of nitrogens with one attached hydrogen (secondary N) is 1. The van der Waals surface area contributed by atoms with Gasteiger partial charge >= 0.3 is 0 Å². The van der Waals surface area contributed by atoms with Crippen molar-refractivity contribution in [2.24, 2.45) is 5.92 Å². The maximum Gasteiger partial charge on any atom is 0.226 e. The minimum Gasteiger partial charge on any atom is -0.326 e. The quantitative estimate of drug-likeness (QED) is 0.596. The molecule has 0 saturated carbocycles. The molecule has 3 aromatic carbocycles. The summed E-state index contributed by atoms with van der Waals surface area (Å²) in [6, 6.07) is 18.1. The fourth-order valence-electron chi connectivity index (χ4n) is 2.97. The van der Waals surface area contributed by atoms with Gasteiger partial charge in [0.2, 0.25) is 5.91 Å². The highest BCUT2D eigenvalue weighted by molar-refractivity contribution is 5.95. The van der Waals surface area contributed by atoms with Crippen LogP contribution in [0.3, 0.4) is 0 Å². The first-order valence-corrected chi connectivity index (χ1v) is 8.69. The summed E-state index contributed by atoms with van der Waals surface area (Å²) in [6.07, 6.45) is 0. The number of anilines is 1. The zero-order valence-electron chi connectivity index (χ0n) is 15.0. The predicted octanol–water partition coefficient (Wildman–Crippen LogP) is 4.48. The number of carbonyl (C=O) groups excluding carboxylic acids is 1. The van der Waals surface area contributed by atoms with Gasteiger partial charge in [-0.3, -0.25) is 4.79 Å². The molecule has 0 aliphatic heterocycles. The minimum atomic E-state index is -0.0727. The molecule has 5 nitrogen and oxygen atoms in total. The van der Waals surface area contributed by atoms with Crippen molar-refractivity contribution in [3.05, 3.63) is 60.2 Å². The third kappa shape index (κ3) is 2.81. The Labute approximate surface area is 151 Å². The second-order valence-corrected chi connectivity index (χ2v) is 6.79. The highest BCUT2D eigenvalue weighted by atomic mass is 16.1. The molecular formula is C21H20N4O. The zero-order valence-corrected chi connectivity index (χ0v) is 15.0. The van der Waals surface area contributed by atoms with Crippen molar-refractivity contribution in [1.29, 1.82) is 0 Å². The summed E-state index contributed by atoms with van der Waals surface area (Å²) in [7, 11) is 0. The second kappa shape index (κ2) is 6.26. The molecule has 130 valence electrons. The smallest absolute Gasteiger partial charge is 0.226 e. The minimum absolute atomic E-state index is 0.00565. The molecule has 4 rings (SSSR count). The standard InChI is InChI=1S/C21H20N4O/c1-13(2)21(26)22-17-12-19-18(11-14(17)3)23-25(24-19)20-10-6-8-15-7-4-5-9-16(15)20/h4-13H,1-3H3,(H,22,26). The van der Waals surface area contributed by atoms with Gasteiger partial charge in [-0.1, -0.05) is 50.2 Å². The van der Waals surface area contributed by atoms with E-state index in [2.05, 4.69) is 33.7 Å². The maximum atomic E-state index is 12.0. The van der Waals surface area contributed by atoms with Crippen molar-refractivity contribution < 1.29 is 4.79 Å². The lowest BCUT2D eigenvalue weighted by molar-refractivity contribution is -0.118. The molecule has 0 aliphatic carbocycles. The maximum absolute atomic E-state index is 12.0. The van der Waals surface area contributed by atoms with Crippen LogP contribution in [-0.4, -0.2) is 20.9 Å². The fraction of sp³-hybridized carbons (Fsp3) is 0.190. The topological polar surface area (TPSA) is 59.8 Å². The number of amides is 1. The number of fused-ring (bicyclic) bond motifs is 2. The Morgan fingerprint density at radius 2 is 1.69 bits per heavy atom. The zero-order chi connectivity index (χ0) is 18.3. The largest absolute Gasteiger partial charge is 0.326 e. The van der Waals surface area contributed by atoms with E-state index in [4.69, 9.17) is 0 Å². The van der Waals surface area contributed by atoms with Crippen molar-refractivity contribution in [3.63, 3.8) is 0 Å². The molecule has 1 amide bonds. The fourth-order valence-corrected chi connectivity index (χ4v) is 2.97. The van der Waals surface area contributed by atoms with Crippen LogP contribution in [0.15, 0.2) is 54.6 Å². The average molecular weight is 344 g/mol. The summed E-state index contributed by atoms with van der Waals surface area (Å²) in [5, 5.41) is 14.5. The monoisotopic (exact) mass is 344 g/mol. The van der Waals surface area contributed by atoms with Crippen molar-refractivity contribution in [2.45, 2.75) is 20.8 Å². The number of hydrogen-bond acceptors (Lipinski definition) is 3. The van der Waals surface area contributed by atoms with Crippen molar-refractivity contribution >= 4 is 33.4 Å². The number of rotatable bonds is 3. The van der Waals surface area contributed by atoms with E-state index < -0.39 is 0 Å². The molecule has 26 heavy (non-hydrogen) atoms. The molecule has 0 radical (unpaired) electrons. The number of aromatic nitrogens is 3. The van der Waals surface area contributed by atoms with Crippen molar-refractivity contribution in [2.75, 3.05) is 5.32 Å². The average Bonchev–Trinajstić information content (AvgIpc) is 3.03. The van der Waals surface area contributed by atoms with Gasteiger partial charge < -0.3 is 5.32 Å². The highest BCUT2D eigenvalue weighted by Gasteiger charge is 2.13. The molecule has 5 heteroatoms.